The fraction of sp³-hybridized carbons (Fsp3) is 0.115. The van der Waals surface area contributed by atoms with Gasteiger partial charge in [0.2, 0.25) is 0 Å². The average Bonchev–Trinajstić information content (AvgIpc) is 2.85. The van der Waals surface area contributed by atoms with Gasteiger partial charge in [-0.1, -0.05) is 53.5 Å². The number of benzene rings is 3. The summed E-state index contributed by atoms with van der Waals surface area (Å²) in [5.74, 6) is -0.934. The molecule has 1 aliphatic rings. The van der Waals surface area contributed by atoms with Gasteiger partial charge in [-0.05, 0) is 61.1 Å². The molecule has 0 atom stereocenters. The van der Waals surface area contributed by atoms with Gasteiger partial charge in [-0.3, -0.25) is 19.8 Å². The number of anilines is 1. The molecule has 0 spiro atoms. The number of hydrogen-bond donors (Lipinski definition) is 1. The molecule has 6 nitrogen and oxygen atoms in total. The smallest absolute Gasteiger partial charge is 0.270 e. The summed E-state index contributed by atoms with van der Waals surface area (Å²) < 4.78 is 25.4. The molecule has 0 radical (unpaired) electrons. The van der Waals surface area contributed by atoms with Crippen molar-refractivity contribution in [3.05, 3.63) is 93.2 Å². The maximum atomic E-state index is 14.0. The lowest BCUT2D eigenvalue weighted by atomic mass is 10.1. The van der Waals surface area contributed by atoms with Crippen LogP contribution in [-0.4, -0.2) is 23.5 Å². The van der Waals surface area contributed by atoms with Crippen molar-refractivity contribution in [2.75, 3.05) is 11.5 Å². The van der Waals surface area contributed by atoms with Crippen LogP contribution in [0.2, 0.25) is 10.0 Å². The third kappa shape index (κ3) is 5.36. The first kappa shape index (κ1) is 25.6. The summed E-state index contributed by atoms with van der Waals surface area (Å²) in [5.41, 5.74) is 0.977. The highest BCUT2D eigenvalue weighted by molar-refractivity contribution is 7.80. The molecule has 2 amide bonds. The number of hydrogen-bond acceptors (Lipinski definition) is 5. The normalized spacial score (nSPS) is 14.7. The van der Waals surface area contributed by atoms with Crippen LogP contribution in [0.25, 0.3) is 6.08 Å². The Labute approximate surface area is 222 Å². The Morgan fingerprint density at radius 3 is 2.56 bits per heavy atom. The minimum atomic E-state index is -0.661. The predicted octanol–water partition coefficient (Wildman–Crippen LogP) is 5.94. The number of carbonyl (C=O) groups is 2. The van der Waals surface area contributed by atoms with Crippen molar-refractivity contribution in [2.45, 2.75) is 13.5 Å². The highest BCUT2D eigenvalue weighted by Gasteiger charge is 2.35. The molecule has 184 valence electrons. The Kier molecular flexibility index (Phi) is 7.88. The van der Waals surface area contributed by atoms with Crippen LogP contribution in [0.1, 0.15) is 18.1 Å². The number of thiocarbonyl (C=S) groups is 1. The van der Waals surface area contributed by atoms with E-state index < -0.39 is 11.8 Å². The first-order chi connectivity index (χ1) is 17.3. The molecule has 4 rings (SSSR count). The number of carbonyl (C=O) groups excluding carboxylic acids is 2. The number of amides is 2. The molecule has 1 N–H and O–H groups in total. The van der Waals surface area contributed by atoms with Gasteiger partial charge in [0.25, 0.3) is 11.8 Å². The van der Waals surface area contributed by atoms with Gasteiger partial charge in [0.05, 0.1) is 22.3 Å². The van der Waals surface area contributed by atoms with Crippen LogP contribution < -0.4 is 19.7 Å². The molecule has 0 aliphatic carbocycles. The lowest BCUT2D eigenvalue weighted by Gasteiger charge is -2.29. The molecule has 0 unspecified atom stereocenters. The van der Waals surface area contributed by atoms with Crippen LogP contribution in [0.3, 0.4) is 0 Å². The molecule has 1 heterocycles. The SMILES string of the molecule is CCOc1cc(/C=C2\C(=O)NC(=S)N(c3cccc(Cl)c3Cl)C2=O)ccc1OCc1ccccc1F. The zero-order valence-electron chi connectivity index (χ0n) is 18.9. The van der Waals surface area contributed by atoms with Gasteiger partial charge in [0, 0.05) is 5.56 Å². The topological polar surface area (TPSA) is 67.9 Å². The van der Waals surface area contributed by atoms with Crippen molar-refractivity contribution < 1.29 is 23.5 Å². The van der Waals surface area contributed by atoms with Gasteiger partial charge < -0.3 is 9.47 Å². The monoisotopic (exact) mass is 544 g/mol. The van der Waals surface area contributed by atoms with Crippen molar-refractivity contribution in [1.29, 1.82) is 0 Å². The molecule has 10 heteroatoms. The van der Waals surface area contributed by atoms with Crippen LogP contribution in [0.15, 0.2) is 66.2 Å². The van der Waals surface area contributed by atoms with Crippen LogP contribution >= 0.6 is 35.4 Å². The zero-order valence-corrected chi connectivity index (χ0v) is 21.2. The number of halogens is 3. The van der Waals surface area contributed by atoms with Crippen molar-refractivity contribution >= 4 is 64.1 Å². The lowest BCUT2D eigenvalue weighted by molar-refractivity contribution is -0.122. The first-order valence-electron chi connectivity index (χ1n) is 10.8. The molecule has 0 bridgehead atoms. The summed E-state index contributed by atoms with van der Waals surface area (Å²) in [6.45, 7) is 2.14. The number of nitrogens with zero attached hydrogens (tertiary/aromatic N) is 1. The summed E-state index contributed by atoms with van der Waals surface area (Å²) >= 11 is 17.6. The van der Waals surface area contributed by atoms with Gasteiger partial charge >= 0.3 is 0 Å². The van der Waals surface area contributed by atoms with E-state index in [1.807, 2.05) is 0 Å². The van der Waals surface area contributed by atoms with Crippen molar-refractivity contribution in [2.24, 2.45) is 0 Å². The van der Waals surface area contributed by atoms with Gasteiger partial charge in [-0.2, -0.15) is 0 Å². The van der Waals surface area contributed by atoms with E-state index in [2.05, 4.69) is 5.32 Å². The molecule has 36 heavy (non-hydrogen) atoms. The van der Waals surface area contributed by atoms with Crippen LogP contribution in [0, 0.1) is 5.82 Å². The van der Waals surface area contributed by atoms with Gasteiger partial charge in [0.1, 0.15) is 18.0 Å². The maximum absolute atomic E-state index is 14.0. The van der Waals surface area contributed by atoms with E-state index >= 15 is 0 Å². The van der Waals surface area contributed by atoms with E-state index in [4.69, 9.17) is 44.9 Å². The van der Waals surface area contributed by atoms with E-state index in [0.717, 1.165) is 4.90 Å². The molecule has 3 aromatic carbocycles. The summed E-state index contributed by atoms with van der Waals surface area (Å²) in [6, 6.07) is 16.0. The molecule has 3 aromatic rings. The van der Waals surface area contributed by atoms with Gasteiger partial charge in [-0.25, -0.2) is 4.39 Å². The second-order valence-electron chi connectivity index (χ2n) is 7.55. The molecule has 0 aromatic heterocycles. The minimum absolute atomic E-state index is 0.000868. The highest BCUT2D eigenvalue weighted by Crippen LogP contribution is 2.35. The van der Waals surface area contributed by atoms with Gasteiger partial charge in [0.15, 0.2) is 16.6 Å². The molecular weight excluding hydrogens is 526 g/mol. The first-order valence-corrected chi connectivity index (χ1v) is 11.9. The fourth-order valence-electron chi connectivity index (χ4n) is 3.48. The summed E-state index contributed by atoms with van der Waals surface area (Å²) in [4.78, 5) is 27.1. The Morgan fingerprint density at radius 2 is 1.81 bits per heavy atom. The molecule has 1 saturated heterocycles. The second kappa shape index (κ2) is 11.1. The third-order valence-corrected chi connectivity index (χ3v) is 6.29. The van der Waals surface area contributed by atoms with Crippen LogP contribution in [0.4, 0.5) is 10.1 Å². The minimum Gasteiger partial charge on any atom is -0.490 e. The van der Waals surface area contributed by atoms with E-state index in [9.17, 15) is 14.0 Å². The molecule has 1 aliphatic heterocycles. The number of nitrogens with one attached hydrogen (secondary N) is 1. The van der Waals surface area contributed by atoms with Crippen molar-refractivity contribution in [3.63, 3.8) is 0 Å². The Balaban J connectivity index is 1.64. The van der Waals surface area contributed by atoms with E-state index in [1.165, 1.54) is 12.1 Å². The van der Waals surface area contributed by atoms with Crippen molar-refractivity contribution in [3.8, 4) is 11.5 Å². The summed E-state index contributed by atoms with van der Waals surface area (Å²) in [5, 5.41) is 2.75. The second-order valence-corrected chi connectivity index (χ2v) is 8.72. The third-order valence-electron chi connectivity index (χ3n) is 5.19. The Hall–Kier alpha value is -3.46. The quantitative estimate of drug-likeness (QED) is 0.226. The van der Waals surface area contributed by atoms with E-state index in [1.54, 1.807) is 61.5 Å². The van der Waals surface area contributed by atoms with Crippen molar-refractivity contribution in [1.82, 2.24) is 5.32 Å². The van der Waals surface area contributed by atoms with Crippen LogP contribution in [-0.2, 0) is 16.2 Å². The number of rotatable bonds is 7. The van der Waals surface area contributed by atoms with E-state index in [-0.39, 0.29) is 38.8 Å². The standard InChI is InChI=1S/C26H19Cl2FN2O4S/c1-2-34-22-13-15(10-11-21(22)35-14-16-6-3-4-8-19(16)29)12-17-24(32)30-26(36)31(25(17)33)20-9-5-7-18(27)23(20)28/h3-13H,2,14H2,1H3,(H,30,32,36)/b17-12+. The molecular formula is C26H19Cl2FN2O4S. The molecule has 0 saturated carbocycles. The number of ether oxygens (including phenoxy) is 2. The fourth-order valence-corrected chi connectivity index (χ4v) is 4.13. The highest BCUT2D eigenvalue weighted by atomic mass is 35.5. The lowest BCUT2D eigenvalue weighted by Crippen LogP contribution is -2.54. The zero-order chi connectivity index (χ0) is 25.8. The van der Waals surface area contributed by atoms with E-state index in [0.29, 0.717) is 29.2 Å². The molecule has 1 fully saturated rings. The largest absolute Gasteiger partial charge is 0.490 e. The maximum Gasteiger partial charge on any atom is 0.270 e. The Morgan fingerprint density at radius 1 is 1.03 bits per heavy atom. The average molecular weight is 545 g/mol. The van der Waals surface area contributed by atoms with Gasteiger partial charge in [-0.15, -0.1) is 0 Å². The summed E-state index contributed by atoms with van der Waals surface area (Å²) in [7, 11) is 0. The van der Waals surface area contributed by atoms with Crippen LogP contribution in [0.5, 0.6) is 11.5 Å². The predicted molar refractivity (Wildman–Crippen MR) is 141 cm³/mol. The Bertz CT molecular complexity index is 1400. The summed E-state index contributed by atoms with van der Waals surface area (Å²) in [6.07, 6.45) is 1.41.